The maximum Gasteiger partial charge on any atom is 0.311 e. The SMILES string of the molecule is CCCCC(CC)C(=O)Nc1nc(Cl)ccc1[N+](=O)[O-]. The molecule has 110 valence electrons. The minimum Gasteiger partial charge on any atom is -0.305 e. The predicted molar refractivity (Wildman–Crippen MR) is 77.8 cm³/mol. The van der Waals surface area contributed by atoms with Crippen LogP contribution in [0.1, 0.15) is 39.5 Å². The summed E-state index contributed by atoms with van der Waals surface area (Å²) in [5, 5.41) is 13.5. The van der Waals surface area contributed by atoms with E-state index < -0.39 is 4.92 Å². The number of nitrogens with one attached hydrogen (secondary N) is 1. The molecule has 0 saturated carbocycles. The van der Waals surface area contributed by atoms with Crippen LogP contribution in [0.15, 0.2) is 12.1 Å². The number of anilines is 1. The number of nitrogens with zero attached hydrogens (tertiary/aromatic N) is 2. The zero-order chi connectivity index (χ0) is 15.1. The number of aromatic nitrogens is 1. The van der Waals surface area contributed by atoms with Crippen LogP contribution in [-0.2, 0) is 4.79 Å². The molecule has 20 heavy (non-hydrogen) atoms. The first-order chi connectivity index (χ1) is 9.49. The van der Waals surface area contributed by atoms with Crippen molar-refractivity contribution in [2.45, 2.75) is 39.5 Å². The number of hydrogen-bond acceptors (Lipinski definition) is 4. The van der Waals surface area contributed by atoms with E-state index in [1.165, 1.54) is 12.1 Å². The second-order valence-corrected chi connectivity index (χ2v) is 4.88. The van der Waals surface area contributed by atoms with Crippen molar-refractivity contribution in [2.75, 3.05) is 5.32 Å². The molecule has 0 saturated heterocycles. The van der Waals surface area contributed by atoms with E-state index in [0.29, 0.717) is 6.42 Å². The lowest BCUT2D eigenvalue weighted by atomic mass is 9.98. The highest BCUT2D eigenvalue weighted by Crippen LogP contribution is 2.25. The number of hydrogen-bond donors (Lipinski definition) is 1. The van der Waals surface area contributed by atoms with Gasteiger partial charge in [0.1, 0.15) is 5.15 Å². The number of nitro groups is 1. The number of unbranched alkanes of at least 4 members (excludes halogenated alkanes) is 1. The monoisotopic (exact) mass is 299 g/mol. The summed E-state index contributed by atoms with van der Waals surface area (Å²) in [4.78, 5) is 26.2. The highest BCUT2D eigenvalue weighted by atomic mass is 35.5. The summed E-state index contributed by atoms with van der Waals surface area (Å²) in [5.74, 6) is -0.517. The van der Waals surface area contributed by atoms with Crippen molar-refractivity contribution in [3.63, 3.8) is 0 Å². The fourth-order valence-corrected chi connectivity index (χ4v) is 2.00. The van der Waals surface area contributed by atoms with E-state index >= 15 is 0 Å². The van der Waals surface area contributed by atoms with E-state index in [4.69, 9.17) is 11.6 Å². The Bertz CT molecular complexity index is 494. The first-order valence-corrected chi connectivity index (χ1v) is 6.99. The molecule has 0 bridgehead atoms. The zero-order valence-electron chi connectivity index (χ0n) is 11.6. The quantitative estimate of drug-likeness (QED) is 0.471. The van der Waals surface area contributed by atoms with Gasteiger partial charge in [-0.1, -0.05) is 38.3 Å². The van der Waals surface area contributed by atoms with Crippen molar-refractivity contribution in [1.82, 2.24) is 4.98 Å². The van der Waals surface area contributed by atoms with Gasteiger partial charge in [0, 0.05) is 12.0 Å². The fraction of sp³-hybridized carbons (Fsp3) is 0.538. The Kier molecular flexibility index (Phi) is 6.38. The van der Waals surface area contributed by atoms with E-state index in [2.05, 4.69) is 10.3 Å². The molecule has 0 aliphatic rings. The molecule has 1 unspecified atom stereocenters. The third-order valence-corrected chi connectivity index (χ3v) is 3.26. The summed E-state index contributed by atoms with van der Waals surface area (Å²) >= 11 is 5.72. The molecule has 1 aromatic rings. The molecular weight excluding hydrogens is 282 g/mol. The number of amides is 1. The van der Waals surface area contributed by atoms with Gasteiger partial charge in [-0.2, -0.15) is 0 Å². The molecule has 0 aromatic carbocycles. The molecule has 1 atom stereocenters. The summed E-state index contributed by atoms with van der Waals surface area (Å²) in [5.41, 5.74) is -0.256. The van der Waals surface area contributed by atoms with Crippen molar-refractivity contribution in [2.24, 2.45) is 5.92 Å². The summed E-state index contributed by atoms with van der Waals surface area (Å²) in [6.45, 7) is 3.97. The van der Waals surface area contributed by atoms with Gasteiger partial charge >= 0.3 is 5.69 Å². The minimum atomic E-state index is -0.591. The molecular formula is C13H18ClN3O3. The smallest absolute Gasteiger partial charge is 0.305 e. The van der Waals surface area contributed by atoms with Crippen LogP contribution in [0.5, 0.6) is 0 Å². The highest BCUT2D eigenvalue weighted by molar-refractivity contribution is 6.29. The van der Waals surface area contributed by atoms with Gasteiger partial charge < -0.3 is 5.32 Å². The van der Waals surface area contributed by atoms with Crippen molar-refractivity contribution >= 4 is 29.0 Å². The van der Waals surface area contributed by atoms with Gasteiger partial charge in [-0.05, 0) is 18.9 Å². The Morgan fingerprint density at radius 1 is 1.50 bits per heavy atom. The number of halogens is 1. The average molecular weight is 300 g/mol. The lowest BCUT2D eigenvalue weighted by Gasteiger charge is -2.14. The Morgan fingerprint density at radius 2 is 2.20 bits per heavy atom. The molecule has 1 heterocycles. The highest BCUT2D eigenvalue weighted by Gasteiger charge is 2.22. The van der Waals surface area contributed by atoms with Crippen LogP contribution in [-0.4, -0.2) is 15.8 Å². The molecule has 6 nitrogen and oxygen atoms in total. The molecule has 0 spiro atoms. The van der Waals surface area contributed by atoms with Crippen LogP contribution in [0, 0.1) is 16.0 Å². The average Bonchev–Trinajstić information content (AvgIpc) is 2.39. The van der Waals surface area contributed by atoms with E-state index in [-0.39, 0.29) is 28.5 Å². The summed E-state index contributed by atoms with van der Waals surface area (Å²) in [6.07, 6.45) is 3.38. The van der Waals surface area contributed by atoms with Gasteiger partial charge in [-0.25, -0.2) is 4.98 Å². The summed E-state index contributed by atoms with van der Waals surface area (Å²) in [7, 11) is 0. The predicted octanol–water partition coefficient (Wildman–Crippen LogP) is 3.80. The van der Waals surface area contributed by atoms with E-state index in [9.17, 15) is 14.9 Å². The van der Waals surface area contributed by atoms with Crippen molar-refractivity contribution < 1.29 is 9.72 Å². The van der Waals surface area contributed by atoms with Crippen LogP contribution in [0.2, 0.25) is 5.15 Å². The third kappa shape index (κ3) is 4.45. The Hall–Kier alpha value is -1.69. The van der Waals surface area contributed by atoms with Gasteiger partial charge in [0.05, 0.1) is 4.92 Å². The first-order valence-electron chi connectivity index (χ1n) is 6.61. The van der Waals surface area contributed by atoms with E-state index in [0.717, 1.165) is 19.3 Å². The van der Waals surface area contributed by atoms with Gasteiger partial charge in [0.15, 0.2) is 0 Å². The van der Waals surface area contributed by atoms with Crippen LogP contribution in [0.3, 0.4) is 0 Å². The van der Waals surface area contributed by atoms with Gasteiger partial charge in [-0.3, -0.25) is 14.9 Å². The lowest BCUT2D eigenvalue weighted by molar-refractivity contribution is -0.384. The van der Waals surface area contributed by atoms with Gasteiger partial charge in [0.25, 0.3) is 0 Å². The molecule has 1 N–H and O–H groups in total. The number of rotatable bonds is 7. The Balaban J connectivity index is 2.88. The third-order valence-electron chi connectivity index (χ3n) is 3.05. The standard InChI is InChI=1S/C13H18ClN3O3/c1-3-5-6-9(4-2)13(18)16-12-10(17(19)20)7-8-11(14)15-12/h7-9H,3-6H2,1-2H3,(H,15,16,18). The van der Waals surface area contributed by atoms with Crippen molar-refractivity contribution in [1.29, 1.82) is 0 Å². The first kappa shape index (κ1) is 16.4. The molecule has 1 rings (SSSR count). The minimum absolute atomic E-state index is 0.0950. The number of pyridine rings is 1. The lowest BCUT2D eigenvalue weighted by Crippen LogP contribution is -2.23. The fourth-order valence-electron chi connectivity index (χ4n) is 1.86. The molecule has 0 aliphatic carbocycles. The number of carbonyl (C=O) groups excluding carboxylic acids is 1. The molecule has 7 heteroatoms. The maximum absolute atomic E-state index is 12.1. The second-order valence-electron chi connectivity index (χ2n) is 4.50. The molecule has 1 aromatic heterocycles. The topological polar surface area (TPSA) is 85.1 Å². The van der Waals surface area contributed by atoms with Crippen LogP contribution in [0.4, 0.5) is 11.5 Å². The Labute approximate surface area is 122 Å². The van der Waals surface area contributed by atoms with Crippen LogP contribution < -0.4 is 5.32 Å². The van der Waals surface area contributed by atoms with Crippen LogP contribution >= 0.6 is 11.6 Å². The number of carbonyl (C=O) groups is 1. The van der Waals surface area contributed by atoms with Crippen molar-refractivity contribution in [3.8, 4) is 0 Å². The second kappa shape index (κ2) is 7.79. The largest absolute Gasteiger partial charge is 0.311 e. The molecule has 1 amide bonds. The van der Waals surface area contributed by atoms with Gasteiger partial charge in [-0.15, -0.1) is 0 Å². The molecule has 0 fully saturated rings. The summed E-state index contributed by atoms with van der Waals surface area (Å²) < 4.78 is 0. The van der Waals surface area contributed by atoms with Crippen molar-refractivity contribution in [3.05, 3.63) is 27.4 Å². The summed E-state index contributed by atoms with van der Waals surface area (Å²) in [6, 6.07) is 2.56. The normalized spacial score (nSPS) is 11.9. The maximum atomic E-state index is 12.1. The van der Waals surface area contributed by atoms with E-state index in [1.807, 2.05) is 13.8 Å². The van der Waals surface area contributed by atoms with E-state index in [1.54, 1.807) is 0 Å². The van der Waals surface area contributed by atoms with Gasteiger partial charge in [0.2, 0.25) is 11.7 Å². The zero-order valence-corrected chi connectivity index (χ0v) is 12.3. The molecule has 0 aliphatic heterocycles. The Morgan fingerprint density at radius 3 is 2.75 bits per heavy atom. The molecule has 0 radical (unpaired) electrons. The van der Waals surface area contributed by atoms with Crippen LogP contribution in [0.25, 0.3) is 0 Å².